The molecule has 1 saturated heterocycles. The summed E-state index contributed by atoms with van der Waals surface area (Å²) in [6, 6.07) is 2.17. The van der Waals surface area contributed by atoms with E-state index in [2.05, 4.69) is 45.7 Å². The van der Waals surface area contributed by atoms with Crippen LogP contribution in [0.5, 0.6) is 0 Å². The van der Waals surface area contributed by atoms with Crippen LogP contribution in [0.15, 0.2) is 16.7 Å². The average Bonchev–Trinajstić information content (AvgIpc) is 2.22. The highest BCUT2D eigenvalue weighted by molar-refractivity contribution is 9.10. The van der Waals surface area contributed by atoms with E-state index in [9.17, 15) is 0 Å². The summed E-state index contributed by atoms with van der Waals surface area (Å²) in [5, 5.41) is 0. The predicted octanol–water partition coefficient (Wildman–Crippen LogP) is 3.78. The van der Waals surface area contributed by atoms with Gasteiger partial charge in [-0.2, -0.15) is 0 Å². The van der Waals surface area contributed by atoms with Crippen molar-refractivity contribution in [1.82, 2.24) is 4.98 Å². The fourth-order valence-electron chi connectivity index (χ4n) is 2.12. The highest BCUT2D eigenvalue weighted by atomic mass is 79.9. The molecule has 1 fully saturated rings. The number of hydrogen-bond acceptors (Lipinski definition) is 2. The third kappa shape index (κ3) is 2.57. The van der Waals surface area contributed by atoms with E-state index in [1.807, 2.05) is 13.1 Å². The zero-order valence-electron chi connectivity index (χ0n) is 10.3. The summed E-state index contributed by atoms with van der Waals surface area (Å²) in [5.41, 5.74) is 2.89. The molecule has 2 nitrogen and oxygen atoms in total. The Bertz CT molecular complexity index is 378. The second-order valence-electron chi connectivity index (χ2n) is 5.43. The van der Waals surface area contributed by atoms with Crippen LogP contribution < -0.4 is 4.90 Å². The second kappa shape index (κ2) is 4.36. The van der Waals surface area contributed by atoms with Gasteiger partial charge < -0.3 is 4.90 Å². The van der Waals surface area contributed by atoms with Crippen molar-refractivity contribution < 1.29 is 0 Å². The number of aromatic nitrogens is 1. The zero-order valence-corrected chi connectivity index (χ0v) is 11.8. The lowest BCUT2D eigenvalue weighted by Gasteiger charge is -2.38. The Labute approximate surface area is 106 Å². The van der Waals surface area contributed by atoms with Crippen molar-refractivity contribution in [1.29, 1.82) is 0 Å². The minimum atomic E-state index is 0.505. The van der Waals surface area contributed by atoms with Crippen LogP contribution >= 0.6 is 15.9 Å². The molecular formula is C13H19BrN2. The molecule has 0 saturated carbocycles. The first-order valence-electron chi connectivity index (χ1n) is 5.85. The number of piperidine rings is 1. The van der Waals surface area contributed by atoms with Crippen LogP contribution in [0.4, 0.5) is 5.69 Å². The first-order chi connectivity index (χ1) is 7.48. The Hall–Kier alpha value is -0.570. The van der Waals surface area contributed by atoms with E-state index >= 15 is 0 Å². The van der Waals surface area contributed by atoms with Crippen LogP contribution in [0.25, 0.3) is 0 Å². The highest BCUT2D eigenvalue weighted by Gasteiger charge is 2.26. The second-order valence-corrected chi connectivity index (χ2v) is 6.28. The number of anilines is 1. The molecule has 0 amide bonds. The SMILES string of the molecule is Cc1cc(N2CCC(C)(C)CC2)c(Br)cn1. The van der Waals surface area contributed by atoms with Gasteiger partial charge in [-0.25, -0.2) is 0 Å². The molecule has 0 bridgehead atoms. The number of hydrogen-bond donors (Lipinski definition) is 0. The molecule has 0 atom stereocenters. The lowest BCUT2D eigenvalue weighted by atomic mass is 9.82. The van der Waals surface area contributed by atoms with Gasteiger partial charge in [0.2, 0.25) is 0 Å². The molecule has 1 aromatic heterocycles. The van der Waals surface area contributed by atoms with Gasteiger partial charge in [0.25, 0.3) is 0 Å². The predicted molar refractivity (Wildman–Crippen MR) is 71.9 cm³/mol. The van der Waals surface area contributed by atoms with E-state index in [4.69, 9.17) is 0 Å². The Morgan fingerprint density at radius 2 is 1.94 bits per heavy atom. The van der Waals surface area contributed by atoms with Gasteiger partial charge in [0.1, 0.15) is 0 Å². The van der Waals surface area contributed by atoms with E-state index in [1.165, 1.54) is 18.5 Å². The summed E-state index contributed by atoms with van der Waals surface area (Å²) >= 11 is 3.59. The molecule has 2 rings (SSSR count). The van der Waals surface area contributed by atoms with Gasteiger partial charge in [-0.3, -0.25) is 4.98 Å². The van der Waals surface area contributed by atoms with E-state index in [1.54, 1.807) is 0 Å². The normalized spacial score (nSPS) is 19.9. The van der Waals surface area contributed by atoms with Crippen LogP contribution in [-0.4, -0.2) is 18.1 Å². The zero-order chi connectivity index (χ0) is 11.8. The van der Waals surface area contributed by atoms with E-state index in [0.717, 1.165) is 23.3 Å². The maximum Gasteiger partial charge on any atom is 0.0592 e. The minimum Gasteiger partial charge on any atom is -0.370 e. The van der Waals surface area contributed by atoms with E-state index < -0.39 is 0 Å². The van der Waals surface area contributed by atoms with Gasteiger partial charge in [0.05, 0.1) is 10.2 Å². The molecule has 0 unspecified atom stereocenters. The van der Waals surface area contributed by atoms with Crippen molar-refractivity contribution in [3.8, 4) is 0 Å². The standard InChI is InChI=1S/C13H19BrN2/c1-10-8-12(11(14)9-15-10)16-6-4-13(2,3)5-7-16/h8-9H,4-7H2,1-3H3. The Morgan fingerprint density at radius 3 is 2.56 bits per heavy atom. The van der Waals surface area contributed by atoms with Crippen LogP contribution in [0.3, 0.4) is 0 Å². The Balaban J connectivity index is 2.17. The monoisotopic (exact) mass is 282 g/mol. The van der Waals surface area contributed by atoms with E-state index in [0.29, 0.717) is 5.41 Å². The Morgan fingerprint density at radius 1 is 1.31 bits per heavy atom. The fraction of sp³-hybridized carbons (Fsp3) is 0.615. The molecule has 1 aromatic rings. The van der Waals surface area contributed by atoms with Crippen LogP contribution in [0, 0.1) is 12.3 Å². The Kier molecular flexibility index (Phi) is 3.24. The average molecular weight is 283 g/mol. The molecule has 88 valence electrons. The maximum atomic E-state index is 4.29. The first-order valence-corrected chi connectivity index (χ1v) is 6.64. The van der Waals surface area contributed by atoms with Crippen molar-refractivity contribution in [2.75, 3.05) is 18.0 Å². The van der Waals surface area contributed by atoms with Crippen molar-refractivity contribution in [2.24, 2.45) is 5.41 Å². The lowest BCUT2D eigenvalue weighted by molar-refractivity contribution is 0.279. The minimum absolute atomic E-state index is 0.505. The summed E-state index contributed by atoms with van der Waals surface area (Å²) in [4.78, 5) is 6.75. The first kappa shape index (κ1) is 11.9. The van der Waals surface area contributed by atoms with Crippen molar-refractivity contribution in [3.05, 3.63) is 22.4 Å². The number of nitrogens with zero attached hydrogens (tertiary/aromatic N) is 2. The lowest BCUT2D eigenvalue weighted by Crippen LogP contribution is -2.37. The molecule has 0 spiro atoms. The van der Waals surface area contributed by atoms with Crippen molar-refractivity contribution in [2.45, 2.75) is 33.6 Å². The molecule has 1 aliphatic heterocycles. The molecule has 0 aliphatic carbocycles. The van der Waals surface area contributed by atoms with Gasteiger partial charge in [-0.1, -0.05) is 13.8 Å². The summed E-state index contributed by atoms with van der Waals surface area (Å²) < 4.78 is 1.11. The van der Waals surface area contributed by atoms with E-state index in [-0.39, 0.29) is 0 Å². The van der Waals surface area contributed by atoms with Gasteiger partial charge in [0, 0.05) is 25.0 Å². The molecule has 16 heavy (non-hydrogen) atoms. The molecule has 2 heterocycles. The van der Waals surface area contributed by atoms with Crippen LogP contribution in [0.1, 0.15) is 32.4 Å². The topological polar surface area (TPSA) is 16.1 Å². The summed E-state index contributed by atoms with van der Waals surface area (Å²) in [6.07, 6.45) is 4.44. The van der Waals surface area contributed by atoms with Gasteiger partial charge in [-0.05, 0) is 47.2 Å². The number of aryl methyl sites for hydroxylation is 1. The summed E-state index contributed by atoms with van der Waals surface area (Å²) in [6.45, 7) is 9.06. The van der Waals surface area contributed by atoms with Gasteiger partial charge in [0.15, 0.2) is 0 Å². The molecule has 3 heteroatoms. The fourth-order valence-corrected chi connectivity index (χ4v) is 2.59. The molecule has 0 aromatic carbocycles. The smallest absolute Gasteiger partial charge is 0.0592 e. The maximum absolute atomic E-state index is 4.29. The number of halogens is 1. The van der Waals surface area contributed by atoms with Crippen LogP contribution in [-0.2, 0) is 0 Å². The molecular weight excluding hydrogens is 264 g/mol. The molecule has 1 aliphatic rings. The number of rotatable bonds is 1. The number of pyridine rings is 1. The highest BCUT2D eigenvalue weighted by Crippen LogP contribution is 2.34. The third-order valence-corrected chi connectivity index (χ3v) is 4.04. The quantitative estimate of drug-likeness (QED) is 0.779. The largest absolute Gasteiger partial charge is 0.370 e. The van der Waals surface area contributed by atoms with Crippen LogP contribution in [0.2, 0.25) is 0 Å². The third-order valence-electron chi connectivity index (χ3n) is 3.43. The molecule has 0 N–H and O–H groups in total. The summed E-state index contributed by atoms with van der Waals surface area (Å²) in [5.74, 6) is 0. The van der Waals surface area contributed by atoms with Gasteiger partial charge >= 0.3 is 0 Å². The van der Waals surface area contributed by atoms with Crippen molar-refractivity contribution >= 4 is 21.6 Å². The van der Waals surface area contributed by atoms with Gasteiger partial charge in [-0.15, -0.1) is 0 Å². The van der Waals surface area contributed by atoms with Crippen molar-refractivity contribution in [3.63, 3.8) is 0 Å². The molecule has 0 radical (unpaired) electrons. The summed E-state index contributed by atoms with van der Waals surface area (Å²) in [7, 11) is 0.